The maximum absolute atomic E-state index is 14.5. The smallest absolute Gasteiger partial charge is 0.118 e. The van der Waals surface area contributed by atoms with Gasteiger partial charge in [-0.25, -0.2) is 9.37 Å². The Morgan fingerprint density at radius 3 is 3.20 bits per heavy atom. The van der Waals surface area contributed by atoms with Gasteiger partial charge in [0.05, 0.1) is 5.01 Å². The zero-order valence-corrected chi connectivity index (χ0v) is 9.82. The first-order valence-corrected chi connectivity index (χ1v) is 6.34. The van der Waals surface area contributed by atoms with Crippen LogP contribution in [0.4, 0.5) is 4.39 Å². The van der Waals surface area contributed by atoms with Gasteiger partial charge in [-0.05, 0) is 26.3 Å². The molecule has 15 heavy (non-hydrogen) atoms. The van der Waals surface area contributed by atoms with Crippen molar-refractivity contribution in [1.29, 1.82) is 0 Å². The van der Waals surface area contributed by atoms with Crippen molar-refractivity contribution in [3.8, 4) is 0 Å². The predicted octanol–water partition coefficient (Wildman–Crippen LogP) is 2.41. The Labute approximate surface area is 93.9 Å². The van der Waals surface area contributed by atoms with E-state index in [-0.39, 0.29) is 5.92 Å². The summed E-state index contributed by atoms with van der Waals surface area (Å²) in [7, 11) is 0. The van der Waals surface area contributed by atoms with Crippen molar-refractivity contribution >= 4 is 11.3 Å². The minimum Gasteiger partial charge on any atom is -0.316 e. The van der Waals surface area contributed by atoms with Crippen LogP contribution >= 0.6 is 11.3 Å². The number of nitrogens with zero attached hydrogens (tertiary/aromatic N) is 1. The highest BCUT2D eigenvalue weighted by Gasteiger charge is 2.35. The molecule has 0 aliphatic carbocycles. The molecular formula is C11H17FN2S. The van der Waals surface area contributed by atoms with Gasteiger partial charge in [-0.1, -0.05) is 0 Å². The lowest BCUT2D eigenvalue weighted by Gasteiger charge is -2.33. The third-order valence-corrected chi connectivity index (χ3v) is 3.91. The second-order valence-corrected chi connectivity index (χ2v) is 5.40. The lowest BCUT2D eigenvalue weighted by atomic mass is 9.83. The van der Waals surface area contributed by atoms with Crippen molar-refractivity contribution in [3.05, 3.63) is 16.6 Å². The molecule has 1 aliphatic rings. The number of halogens is 1. The molecule has 0 bridgehead atoms. The van der Waals surface area contributed by atoms with E-state index in [1.54, 1.807) is 24.5 Å². The molecule has 0 spiro atoms. The van der Waals surface area contributed by atoms with Gasteiger partial charge in [-0.2, -0.15) is 0 Å². The van der Waals surface area contributed by atoms with E-state index in [1.807, 2.05) is 5.38 Å². The SMILES string of the molecule is CC(F)(Cc1nccs1)C1CCCNC1. The number of hydrogen-bond acceptors (Lipinski definition) is 3. The first-order chi connectivity index (χ1) is 7.18. The third-order valence-electron chi connectivity index (χ3n) is 3.13. The summed E-state index contributed by atoms with van der Waals surface area (Å²) in [4.78, 5) is 4.15. The second-order valence-electron chi connectivity index (χ2n) is 4.42. The quantitative estimate of drug-likeness (QED) is 0.859. The minimum atomic E-state index is -1.12. The Bertz CT molecular complexity index is 292. The molecule has 0 amide bonds. The molecule has 4 heteroatoms. The molecule has 1 N–H and O–H groups in total. The Balaban J connectivity index is 1.98. The summed E-state index contributed by atoms with van der Waals surface area (Å²) in [5.74, 6) is 0.134. The van der Waals surface area contributed by atoms with Crippen LogP contribution in [0.5, 0.6) is 0 Å². The van der Waals surface area contributed by atoms with E-state index < -0.39 is 5.67 Å². The van der Waals surface area contributed by atoms with Crippen LogP contribution in [-0.2, 0) is 6.42 Å². The summed E-state index contributed by atoms with van der Waals surface area (Å²) >= 11 is 1.54. The van der Waals surface area contributed by atoms with E-state index in [1.165, 1.54) is 0 Å². The second kappa shape index (κ2) is 4.58. The molecule has 1 aromatic rings. The monoisotopic (exact) mass is 228 g/mol. The maximum atomic E-state index is 14.5. The van der Waals surface area contributed by atoms with Gasteiger partial charge in [0.25, 0.3) is 0 Å². The van der Waals surface area contributed by atoms with Crippen molar-refractivity contribution < 1.29 is 4.39 Å². The van der Waals surface area contributed by atoms with Gasteiger partial charge in [0, 0.05) is 30.5 Å². The van der Waals surface area contributed by atoms with Gasteiger partial charge in [-0.15, -0.1) is 11.3 Å². The van der Waals surface area contributed by atoms with E-state index in [9.17, 15) is 4.39 Å². The summed E-state index contributed by atoms with van der Waals surface area (Å²) in [5.41, 5.74) is -1.12. The molecule has 0 aromatic carbocycles. The van der Waals surface area contributed by atoms with Crippen LogP contribution in [0.1, 0.15) is 24.8 Å². The normalized spacial score (nSPS) is 26.1. The standard InChI is InChI=1S/C11H17FN2S/c1-11(12,7-10-14-5-6-15-10)9-3-2-4-13-8-9/h5-6,9,13H,2-4,7-8H2,1H3. The highest BCUT2D eigenvalue weighted by atomic mass is 32.1. The maximum Gasteiger partial charge on any atom is 0.118 e. The van der Waals surface area contributed by atoms with E-state index in [0.29, 0.717) is 6.42 Å². The first-order valence-electron chi connectivity index (χ1n) is 5.46. The van der Waals surface area contributed by atoms with E-state index in [0.717, 1.165) is 30.9 Å². The van der Waals surface area contributed by atoms with Crippen LogP contribution in [0, 0.1) is 5.92 Å². The average molecular weight is 228 g/mol. The first kappa shape index (κ1) is 11.0. The number of aromatic nitrogens is 1. The molecule has 0 saturated carbocycles. The van der Waals surface area contributed by atoms with Crippen molar-refractivity contribution in [3.63, 3.8) is 0 Å². The Morgan fingerprint density at radius 1 is 1.73 bits per heavy atom. The molecule has 84 valence electrons. The van der Waals surface area contributed by atoms with Gasteiger partial charge in [-0.3, -0.25) is 0 Å². The number of nitrogens with one attached hydrogen (secondary N) is 1. The zero-order valence-electron chi connectivity index (χ0n) is 9.00. The van der Waals surface area contributed by atoms with Crippen LogP contribution in [0.2, 0.25) is 0 Å². The van der Waals surface area contributed by atoms with E-state index in [4.69, 9.17) is 0 Å². The van der Waals surface area contributed by atoms with E-state index in [2.05, 4.69) is 10.3 Å². The van der Waals surface area contributed by atoms with Crippen LogP contribution in [0.25, 0.3) is 0 Å². The van der Waals surface area contributed by atoms with Gasteiger partial charge in [0.1, 0.15) is 5.67 Å². The number of piperidine rings is 1. The molecule has 2 heterocycles. The molecule has 2 nitrogen and oxygen atoms in total. The molecule has 1 fully saturated rings. The highest BCUT2D eigenvalue weighted by molar-refractivity contribution is 7.09. The number of alkyl halides is 1. The van der Waals surface area contributed by atoms with Gasteiger partial charge < -0.3 is 5.32 Å². The fraction of sp³-hybridized carbons (Fsp3) is 0.727. The largest absolute Gasteiger partial charge is 0.316 e. The average Bonchev–Trinajstić information content (AvgIpc) is 2.71. The number of rotatable bonds is 3. The molecular weight excluding hydrogens is 211 g/mol. The van der Waals surface area contributed by atoms with Crippen molar-refractivity contribution in [2.24, 2.45) is 5.92 Å². The van der Waals surface area contributed by atoms with Crippen LogP contribution < -0.4 is 5.32 Å². The Hall–Kier alpha value is -0.480. The molecule has 1 saturated heterocycles. The van der Waals surface area contributed by atoms with Gasteiger partial charge >= 0.3 is 0 Å². The van der Waals surface area contributed by atoms with Gasteiger partial charge in [0.15, 0.2) is 0 Å². The summed E-state index contributed by atoms with van der Waals surface area (Å²) in [5, 5.41) is 6.08. The van der Waals surface area contributed by atoms with Crippen LogP contribution in [-0.4, -0.2) is 23.7 Å². The van der Waals surface area contributed by atoms with Crippen LogP contribution in [0.3, 0.4) is 0 Å². The predicted molar refractivity (Wildman–Crippen MR) is 60.9 cm³/mol. The van der Waals surface area contributed by atoms with E-state index >= 15 is 0 Å². The fourth-order valence-corrected chi connectivity index (χ4v) is 2.91. The summed E-state index contributed by atoms with van der Waals surface area (Å²) in [6, 6.07) is 0. The number of thiazole rings is 1. The molecule has 1 aliphatic heterocycles. The topological polar surface area (TPSA) is 24.9 Å². The number of hydrogen-bond donors (Lipinski definition) is 1. The molecule has 2 unspecified atom stereocenters. The molecule has 1 aromatic heterocycles. The highest BCUT2D eigenvalue weighted by Crippen LogP contribution is 2.31. The summed E-state index contributed by atoms with van der Waals surface area (Å²) < 4.78 is 14.5. The Kier molecular flexibility index (Phi) is 3.36. The Morgan fingerprint density at radius 2 is 2.60 bits per heavy atom. The van der Waals surface area contributed by atoms with Crippen molar-refractivity contribution in [2.75, 3.05) is 13.1 Å². The lowest BCUT2D eigenvalue weighted by Crippen LogP contribution is -2.42. The molecule has 0 radical (unpaired) electrons. The van der Waals surface area contributed by atoms with Crippen LogP contribution in [0.15, 0.2) is 11.6 Å². The summed E-state index contributed by atoms with van der Waals surface area (Å²) in [6.45, 7) is 3.55. The zero-order chi connectivity index (χ0) is 10.7. The third kappa shape index (κ3) is 2.75. The van der Waals surface area contributed by atoms with Gasteiger partial charge in [0.2, 0.25) is 0 Å². The lowest BCUT2D eigenvalue weighted by molar-refractivity contribution is 0.0833. The molecule has 2 atom stereocenters. The molecule has 2 rings (SSSR count). The van der Waals surface area contributed by atoms with Crippen molar-refractivity contribution in [2.45, 2.75) is 31.9 Å². The fourth-order valence-electron chi connectivity index (χ4n) is 2.15. The minimum absolute atomic E-state index is 0.134. The summed E-state index contributed by atoms with van der Waals surface area (Å²) in [6.07, 6.45) is 4.28. The van der Waals surface area contributed by atoms with Crippen molar-refractivity contribution in [1.82, 2.24) is 10.3 Å².